The van der Waals surface area contributed by atoms with E-state index < -0.39 is 5.66 Å². The highest BCUT2D eigenvalue weighted by Crippen LogP contribution is 2.60. The van der Waals surface area contributed by atoms with Crippen LogP contribution >= 0.6 is 11.3 Å². The van der Waals surface area contributed by atoms with E-state index in [-0.39, 0.29) is 5.41 Å². The van der Waals surface area contributed by atoms with E-state index in [1.807, 2.05) is 35.9 Å². The van der Waals surface area contributed by atoms with Crippen molar-refractivity contribution in [1.82, 2.24) is 19.9 Å². The topological polar surface area (TPSA) is 45.0 Å². The third kappa shape index (κ3) is 3.25. The van der Waals surface area contributed by atoms with Crippen molar-refractivity contribution >= 4 is 11.3 Å². The molecule has 33 heavy (non-hydrogen) atoms. The Morgan fingerprint density at radius 2 is 1.76 bits per heavy atom. The Labute approximate surface area is 199 Å². The molecule has 0 aliphatic carbocycles. The number of pyridine rings is 1. The number of nitrogens with zero attached hydrogens (tertiary/aromatic N) is 4. The number of ether oxygens (including phenoxy) is 1. The summed E-state index contributed by atoms with van der Waals surface area (Å²) in [6.45, 7) is 6.37. The maximum atomic E-state index is 6.32. The summed E-state index contributed by atoms with van der Waals surface area (Å²) in [5.74, 6) is 1.03. The first-order chi connectivity index (χ1) is 16.4. The van der Waals surface area contributed by atoms with Gasteiger partial charge in [0, 0.05) is 43.8 Å². The van der Waals surface area contributed by atoms with Crippen LogP contribution < -0.4 is 0 Å². The van der Waals surface area contributed by atoms with Gasteiger partial charge in [-0.2, -0.15) is 0 Å². The van der Waals surface area contributed by atoms with Gasteiger partial charge in [0.05, 0.1) is 25.2 Å². The van der Waals surface area contributed by atoms with Crippen LogP contribution in [0.5, 0.6) is 0 Å². The van der Waals surface area contributed by atoms with Gasteiger partial charge in [0.15, 0.2) is 0 Å². The van der Waals surface area contributed by atoms with Gasteiger partial charge in [-0.25, -0.2) is 10.0 Å². The predicted octanol–water partition coefficient (Wildman–Crippen LogP) is 4.31. The van der Waals surface area contributed by atoms with Gasteiger partial charge in [0.2, 0.25) is 0 Å². The van der Waals surface area contributed by atoms with Gasteiger partial charge >= 0.3 is 0 Å². The lowest BCUT2D eigenvalue weighted by Crippen LogP contribution is -2.69. The lowest BCUT2D eigenvalue weighted by Gasteiger charge is -2.57. The standard InChI is InChI=1S/C26H32N4O2S/c1-4-13-29(14-5-1)30-15-11-25(23-9-6-18-32-23,24-10-7-21-33-24)26(30,22-8-2-3-12-27-22)28-16-19-31-20-17-28/h2-3,6-10,12,18,21H,1,4-5,11,13-17,19-20H2. The van der Waals surface area contributed by atoms with Crippen LogP contribution in [0.15, 0.2) is 64.7 Å². The first-order valence-electron chi connectivity index (χ1n) is 12.2. The maximum absolute atomic E-state index is 6.32. The van der Waals surface area contributed by atoms with Gasteiger partial charge in [-0.3, -0.25) is 9.88 Å². The Morgan fingerprint density at radius 1 is 0.879 bits per heavy atom. The third-order valence-corrected chi connectivity index (χ3v) is 8.75. The van der Waals surface area contributed by atoms with Crippen molar-refractivity contribution in [3.8, 4) is 0 Å². The molecule has 0 aromatic carbocycles. The van der Waals surface area contributed by atoms with E-state index in [1.54, 1.807) is 0 Å². The highest BCUT2D eigenvalue weighted by Gasteiger charge is 2.68. The fraction of sp³-hybridized carbons (Fsp3) is 0.500. The van der Waals surface area contributed by atoms with Gasteiger partial charge < -0.3 is 9.15 Å². The maximum Gasteiger partial charge on any atom is 0.148 e. The van der Waals surface area contributed by atoms with Gasteiger partial charge in [0.1, 0.15) is 16.8 Å². The van der Waals surface area contributed by atoms with Crippen molar-refractivity contribution in [1.29, 1.82) is 0 Å². The zero-order chi connectivity index (χ0) is 22.1. The van der Waals surface area contributed by atoms with Gasteiger partial charge in [-0.15, -0.1) is 11.3 Å². The fourth-order valence-corrected chi connectivity index (χ4v) is 7.46. The second kappa shape index (κ2) is 8.96. The molecule has 3 aromatic rings. The van der Waals surface area contributed by atoms with E-state index in [1.165, 1.54) is 24.1 Å². The molecule has 174 valence electrons. The molecule has 3 saturated heterocycles. The molecule has 6 heterocycles. The van der Waals surface area contributed by atoms with Crippen LogP contribution in [0.2, 0.25) is 0 Å². The molecular formula is C26H32N4O2S. The Bertz CT molecular complexity index is 980. The quantitative estimate of drug-likeness (QED) is 0.561. The van der Waals surface area contributed by atoms with Gasteiger partial charge in [-0.05, 0) is 55.0 Å². The molecule has 2 atom stereocenters. The summed E-state index contributed by atoms with van der Waals surface area (Å²) in [5.41, 5.74) is 0.242. The monoisotopic (exact) mass is 464 g/mol. The molecule has 0 saturated carbocycles. The summed E-state index contributed by atoms with van der Waals surface area (Å²) in [6.07, 6.45) is 8.55. The zero-order valence-corrected chi connectivity index (χ0v) is 19.9. The normalized spacial score (nSPS) is 30.1. The summed E-state index contributed by atoms with van der Waals surface area (Å²) in [5, 5.41) is 7.49. The number of furan rings is 1. The Hall–Kier alpha value is -2.03. The van der Waals surface area contributed by atoms with Crippen molar-refractivity contribution in [3.05, 3.63) is 76.6 Å². The van der Waals surface area contributed by atoms with Crippen LogP contribution in [-0.4, -0.2) is 65.8 Å². The number of morpholine rings is 1. The molecule has 0 N–H and O–H groups in total. The summed E-state index contributed by atoms with van der Waals surface area (Å²) >= 11 is 1.84. The highest BCUT2D eigenvalue weighted by molar-refractivity contribution is 7.10. The molecule has 7 heteroatoms. The molecule has 6 nitrogen and oxygen atoms in total. The van der Waals surface area contributed by atoms with Crippen molar-refractivity contribution in [2.45, 2.75) is 36.8 Å². The first kappa shape index (κ1) is 21.5. The van der Waals surface area contributed by atoms with E-state index in [4.69, 9.17) is 14.1 Å². The zero-order valence-electron chi connectivity index (χ0n) is 19.1. The van der Waals surface area contributed by atoms with Gasteiger partial charge in [0.25, 0.3) is 0 Å². The molecule has 0 radical (unpaired) electrons. The van der Waals surface area contributed by atoms with Crippen LogP contribution in [0.25, 0.3) is 0 Å². The molecule has 0 spiro atoms. The number of aromatic nitrogens is 1. The molecule has 2 unspecified atom stereocenters. The SMILES string of the molecule is c1ccc(C2(N3CCOCC3)N(N3CCCCC3)CCC2(c2ccco2)c2cccs2)nc1. The minimum Gasteiger partial charge on any atom is -0.468 e. The molecule has 3 aliphatic rings. The second-order valence-electron chi connectivity index (χ2n) is 9.23. The number of piperidine rings is 1. The molecule has 3 aromatic heterocycles. The summed E-state index contributed by atoms with van der Waals surface area (Å²) < 4.78 is 12.2. The lowest BCUT2D eigenvalue weighted by atomic mass is 9.69. The number of hydrogen-bond donors (Lipinski definition) is 0. The van der Waals surface area contributed by atoms with E-state index in [0.717, 1.165) is 63.8 Å². The van der Waals surface area contributed by atoms with E-state index in [2.05, 4.69) is 50.6 Å². The average molecular weight is 465 g/mol. The molecule has 6 rings (SSSR count). The van der Waals surface area contributed by atoms with Crippen molar-refractivity contribution in [3.63, 3.8) is 0 Å². The first-order valence-corrected chi connectivity index (χ1v) is 13.1. The molecular weight excluding hydrogens is 432 g/mol. The number of rotatable bonds is 5. The van der Waals surface area contributed by atoms with Crippen molar-refractivity contribution in [2.24, 2.45) is 0 Å². The van der Waals surface area contributed by atoms with Gasteiger partial charge in [-0.1, -0.05) is 18.6 Å². The fourth-order valence-electron chi connectivity index (χ4n) is 6.45. The van der Waals surface area contributed by atoms with Crippen molar-refractivity contribution < 1.29 is 9.15 Å². The van der Waals surface area contributed by atoms with Crippen molar-refractivity contribution in [2.75, 3.05) is 45.9 Å². The molecule has 0 amide bonds. The van der Waals surface area contributed by atoms with Crippen LogP contribution in [-0.2, 0) is 15.8 Å². The largest absolute Gasteiger partial charge is 0.468 e. The van der Waals surface area contributed by atoms with Crippen LogP contribution in [0.1, 0.15) is 42.0 Å². The summed E-state index contributed by atoms with van der Waals surface area (Å²) in [4.78, 5) is 9.06. The smallest absolute Gasteiger partial charge is 0.148 e. The van der Waals surface area contributed by atoms with Crippen LogP contribution in [0.4, 0.5) is 0 Å². The molecule has 3 fully saturated rings. The Kier molecular flexibility index (Phi) is 5.84. The minimum atomic E-state index is -0.488. The third-order valence-electron chi connectivity index (χ3n) is 7.72. The minimum absolute atomic E-state index is 0.367. The second-order valence-corrected chi connectivity index (χ2v) is 10.2. The van der Waals surface area contributed by atoms with E-state index >= 15 is 0 Å². The Morgan fingerprint density at radius 3 is 2.45 bits per heavy atom. The van der Waals surface area contributed by atoms with E-state index in [9.17, 15) is 0 Å². The summed E-state index contributed by atoms with van der Waals surface area (Å²) in [7, 11) is 0. The molecule has 3 aliphatic heterocycles. The lowest BCUT2D eigenvalue weighted by molar-refractivity contribution is -0.202. The van der Waals surface area contributed by atoms with Crippen LogP contribution in [0.3, 0.4) is 0 Å². The average Bonchev–Trinajstić information content (AvgIpc) is 3.66. The summed E-state index contributed by atoms with van der Waals surface area (Å²) in [6, 6.07) is 15.1. The number of hydrazine groups is 1. The molecule has 0 bridgehead atoms. The van der Waals surface area contributed by atoms with Crippen LogP contribution in [0, 0.1) is 0 Å². The Balaban J connectivity index is 1.65. The predicted molar refractivity (Wildman–Crippen MR) is 129 cm³/mol. The van der Waals surface area contributed by atoms with E-state index in [0.29, 0.717) is 0 Å². The number of thiophene rings is 1. The highest BCUT2D eigenvalue weighted by atomic mass is 32.1. The number of hydrogen-bond acceptors (Lipinski definition) is 7.